The number of rotatable bonds is 14. The second kappa shape index (κ2) is 13.0. The Morgan fingerprint density at radius 2 is 1.56 bits per heavy atom. The van der Waals surface area contributed by atoms with Gasteiger partial charge in [-0.25, -0.2) is 0 Å². The zero-order valence-electron chi connectivity index (χ0n) is 15.9. The van der Waals surface area contributed by atoms with Crippen LogP contribution in [0.15, 0.2) is 18.2 Å². The molecule has 0 aliphatic heterocycles. The van der Waals surface area contributed by atoms with Gasteiger partial charge in [0.25, 0.3) is 0 Å². The molecule has 2 unspecified atom stereocenters. The van der Waals surface area contributed by atoms with Crippen LogP contribution in [0.3, 0.4) is 0 Å². The number of phenolic OH excluding ortho intramolecular Hbond substituents is 1. The van der Waals surface area contributed by atoms with Gasteiger partial charge in [-0.1, -0.05) is 57.9 Å². The van der Waals surface area contributed by atoms with Crippen LogP contribution in [0.4, 0.5) is 0 Å². The molecule has 0 bridgehead atoms. The van der Waals surface area contributed by atoms with Crippen molar-refractivity contribution in [2.45, 2.75) is 89.8 Å². The lowest BCUT2D eigenvalue weighted by atomic mass is 9.99. The number of ether oxygens (including phenoxy) is 1. The van der Waals surface area contributed by atoms with Crippen LogP contribution in [0.1, 0.15) is 76.7 Å². The summed E-state index contributed by atoms with van der Waals surface area (Å²) in [7, 11) is 1.52. The van der Waals surface area contributed by atoms with Gasteiger partial charge in [0, 0.05) is 0 Å². The maximum absolute atomic E-state index is 10.1. The average Bonchev–Trinajstić information content (AvgIpc) is 2.59. The Morgan fingerprint density at radius 1 is 0.920 bits per heavy atom. The Bertz CT molecular complexity index is 461. The molecule has 25 heavy (non-hydrogen) atoms. The van der Waals surface area contributed by atoms with Crippen molar-refractivity contribution in [2.75, 3.05) is 7.11 Å². The third kappa shape index (κ3) is 9.71. The fraction of sp³-hybridized carbons (Fsp3) is 0.714. The minimum atomic E-state index is -0.510. The Kier molecular flexibility index (Phi) is 11.3. The maximum atomic E-state index is 10.1. The SMILES string of the molecule is CCCCCCCCCC(O)CC(O)CCc1ccc(OC)c(O)c1. The third-order valence-electron chi connectivity index (χ3n) is 4.69. The Hall–Kier alpha value is -1.26. The monoisotopic (exact) mass is 352 g/mol. The molecule has 144 valence electrons. The molecule has 3 N–H and O–H groups in total. The van der Waals surface area contributed by atoms with Gasteiger partial charge in [0.05, 0.1) is 19.3 Å². The van der Waals surface area contributed by atoms with Gasteiger partial charge in [-0.2, -0.15) is 0 Å². The highest BCUT2D eigenvalue weighted by atomic mass is 16.5. The van der Waals surface area contributed by atoms with Crippen molar-refractivity contribution in [1.82, 2.24) is 0 Å². The van der Waals surface area contributed by atoms with Crippen LogP contribution in [0.25, 0.3) is 0 Å². The van der Waals surface area contributed by atoms with Crippen molar-refractivity contribution in [3.8, 4) is 11.5 Å². The van der Waals surface area contributed by atoms with Crippen LogP contribution in [0.5, 0.6) is 11.5 Å². The first-order valence-electron chi connectivity index (χ1n) is 9.78. The second-order valence-corrected chi connectivity index (χ2v) is 7.00. The van der Waals surface area contributed by atoms with Gasteiger partial charge in [0.15, 0.2) is 11.5 Å². The number of aliphatic hydroxyl groups excluding tert-OH is 2. The molecule has 0 heterocycles. The summed E-state index contributed by atoms with van der Waals surface area (Å²) in [6.45, 7) is 2.22. The quantitative estimate of drug-likeness (QED) is 0.428. The largest absolute Gasteiger partial charge is 0.504 e. The Labute approximate surface area is 152 Å². The molecule has 1 aromatic carbocycles. The second-order valence-electron chi connectivity index (χ2n) is 7.00. The predicted octanol–water partition coefficient (Wildman–Crippen LogP) is 4.59. The molecule has 0 saturated heterocycles. The molecule has 4 nitrogen and oxygen atoms in total. The van der Waals surface area contributed by atoms with E-state index in [2.05, 4.69) is 6.92 Å². The van der Waals surface area contributed by atoms with Crippen LogP contribution in [0, 0.1) is 0 Å². The van der Waals surface area contributed by atoms with Crippen LogP contribution in [-0.4, -0.2) is 34.6 Å². The van der Waals surface area contributed by atoms with E-state index in [0.29, 0.717) is 25.0 Å². The first-order valence-corrected chi connectivity index (χ1v) is 9.78. The summed E-state index contributed by atoms with van der Waals surface area (Å²) in [4.78, 5) is 0. The van der Waals surface area contributed by atoms with Gasteiger partial charge in [-0.3, -0.25) is 0 Å². The van der Waals surface area contributed by atoms with Gasteiger partial charge in [0.1, 0.15) is 0 Å². The molecule has 0 fully saturated rings. The van der Waals surface area contributed by atoms with E-state index in [1.54, 1.807) is 12.1 Å². The molecule has 2 atom stereocenters. The zero-order valence-corrected chi connectivity index (χ0v) is 15.9. The minimum absolute atomic E-state index is 0.119. The summed E-state index contributed by atoms with van der Waals surface area (Å²) < 4.78 is 5.02. The summed E-state index contributed by atoms with van der Waals surface area (Å²) >= 11 is 0. The third-order valence-corrected chi connectivity index (χ3v) is 4.69. The smallest absolute Gasteiger partial charge is 0.160 e. The van der Waals surface area contributed by atoms with Crippen LogP contribution < -0.4 is 4.74 Å². The van der Waals surface area contributed by atoms with Gasteiger partial charge in [-0.15, -0.1) is 0 Å². The molecular weight excluding hydrogens is 316 g/mol. The molecule has 1 rings (SSSR count). The molecule has 1 aromatic rings. The van der Waals surface area contributed by atoms with E-state index in [4.69, 9.17) is 4.74 Å². The van der Waals surface area contributed by atoms with Crippen molar-refractivity contribution in [1.29, 1.82) is 0 Å². The first-order chi connectivity index (χ1) is 12.1. The molecule has 0 spiro atoms. The molecular formula is C21H36O4. The highest BCUT2D eigenvalue weighted by Crippen LogP contribution is 2.27. The van der Waals surface area contributed by atoms with E-state index in [1.165, 1.54) is 45.6 Å². The average molecular weight is 353 g/mol. The Balaban J connectivity index is 2.14. The van der Waals surface area contributed by atoms with Crippen LogP contribution >= 0.6 is 0 Å². The van der Waals surface area contributed by atoms with E-state index in [0.717, 1.165) is 18.4 Å². The van der Waals surface area contributed by atoms with Gasteiger partial charge in [0.2, 0.25) is 0 Å². The molecule has 0 radical (unpaired) electrons. The molecule has 0 amide bonds. The van der Waals surface area contributed by atoms with Gasteiger partial charge < -0.3 is 20.1 Å². The van der Waals surface area contributed by atoms with E-state index in [-0.39, 0.29) is 5.75 Å². The predicted molar refractivity (Wildman–Crippen MR) is 102 cm³/mol. The number of aromatic hydroxyl groups is 1. The summed E-state index contributed by atoms with van der Waals surface area (Å²) in [5.41, 5.74) is 0.957. The number of hydrogen-bond acceptors (Lipinski definition) is 4. The summed E-state index contributed by atoms with van der Waals surface area (Å²) in [5.74, 6) is 0.572. The molecule has 0 aliphatic rings. The van der Waals surface area contributed by atoms with Gasteiger partial charge >= 0.3 is 0 Å². The lowest BCUT2D eigenvalue weighted by Gasteiger charge is -2.16. The fourth-order valence-electron chi connectivity index (χ4n) is 3.11. The van der Waals surface area contributed by atoms with Crippen molar-refractivity contribution >= 4 is 0 Å². The number of aryl methyl sites for hydroxylation is 1. The number of unbranched alkanes of at least 4 members (excludes halogenated alkanes) is 6. The van der Waals surface area contributed by atoms with E-state index >= 15 is 0 Å². The first kappa shape index (κ1) is 21.8. The Morgan fingerprint density at radius 3 is 2.20 bits per heavy atom. The molecule has 4 heteroatoms. The van der Waals surface area contributed by atoms with Crippen molar-refractivity contribution < 1.29 is 20.1 Å². The highest BCUT2D eigenvalue weighted by Gasteiger charge is 2.12. The minimum Gasteiger partial charge on any atom is -0.504 e. The summed E-state index contributed by atoms with van der Waals surface area (Å²) in [6.07, 6.45) is 10.2. The summed E-state index contributed by atoms with van der Waals surface area (Å²) in [5, 5.41) is 29.9. The number of methoxy groups -OCH3 is 1. The lowest BCUT2D eigenvalue weighted by molar-refractivity contribution is 0.0697. The van der Waals surface area contributed by atoms with E-state index < -0.39 is 12.2 Å². The summed E-state index contributed by atoms with van der Waals surface area (Å²) in [6, 6.07) is 5.28. The zero-order chi connectivity index (χ0) is 18.5. The van der Waals surface area contributed by atoms with Crippen LogP contribution in [0.2, 0.25) is 0 Å². The number of hydrogen-bond donors (Lipinski definition) is 3. The van der Waals surface area contributed by atoms with Crippen molar-refractivity contribution in [2.24, 2.45) is 0 Å². The fourth-order valence-corrected chi connectivity index (χ4v) is 3.11. The maximum Gasteiger partial charge on any atom is 0.160 e. The number of benzene rings is 1. The molecule has 0 aliphatic carbocycles. The standard InChI is InChI=1S/C21H36O4/c1-3-4-5-6-7-8-9-10-18(22)16-19(23)13-11-17-12-14-21(25-2)20(24)15-17/h12,14-15,18-19,22-24H,3-11,13,16H2,1-2H3. The van der Waals surface area contributed by atoms with Crippen LogP contribution in [-0.2, 0) is 6.42 Å². The topological polar surface area (TPSA) is 69.9 Å². The van der Waals surface area contributed by atoms with E-state index in [9.17, 15) is 15.3 Å². The lowest BCUT2D eigenvalue weighted by Crippen LogP contribution is -2.18. The van der Waals surface area contributed by atoms with Crippen molar-refractivity contribution in [3.05, 3.63) is 23.8 Å². The van der Waals surface area contributed by atoms with Gasteiger partial charge in [-0.05, 0) is 43.4 Å². The number of aliphatic hydroxyl groups is 2. The van der Waals surface area contributed by atoms with Crippen molar-refractivity contribution in [3.63, 3.8) is 0 Å². The molecule has 0 aromatic heterocycles. The normalized spacial score (nSPS) is 13.6. The molecule has 0 saturated carbocycles. The van der Waals surface area contributed by atoms with E-state index in [1.807, 2.05) is 6.07 Å². The number of phenols is 1. The highest BCUT2D eigenvalue weighted by molar-refractivity contribution is 5.41.